The van der Waals surface area contributed by atoms with Crippen molar-refractivity contribution in [2.75, 3.05) is 6.61 Å². The molecule has 2 N–H and O–H groups in total. The van der Waals surface area contributed by atoms with Gasteiger partial charge in [-0.15, -0.1) is 0 Å². The molecule has 0 radical (unpaired) electrons. The van der Waals surface area contributed by atoms with Crippen molar-refractivity contribution in [3.63, 3.8) is 0 Å². The Morgan fingerprint density at radius 3 is 2.67 bits per heavy atom. The fraction of sp³-hybridized carbons (Fsp3) is 0.500. The zero-order chi connectivity index (χ0) is 15.5. The Kier molecular flexibility index (Phi) is 4.50. The number of hydrogen-bond acceptors (Lipinski definition) is 4. The van der Waals surface area contributed by atoms with Gasteiger partial charge in [0.15, 0.2) is 6.29 Å². The van der Waals surface area contributed by atoms with Gasteiger partial charge in [0.25, 0.3) is 0 Å². The summed E-state index contributed by atoms with van der Waals surface area (Å²) in [5.41, 5.74) is -0.473. The third-order valence-electron chi connectivity index (χ3n) is 4.36. The van der Waals surface area contributed by atoms with E-state index >= 15 is 0 Å². The van der Waals surface area contributed by atoms with Crippen LogP contribution in [-0.2, 0) is 4.79 Å². The van der Waals surface area contributed by atoms with Crippen LogP contribution in [0.4, 0.5) is 0 Å². The molecule has 5 nitrogen and oxygen atoms in total. The van der Waals surface area contributed by atoms with Crippen LogP contribution in [0.5, 0.6) is 11.5 Å². The van der Waals surface area contributed by atoms with E-state index in [0.717, 1.165) is 12.8 Å². The molecule has 1 aliphatic rings. The highest BCUT2D eigenvalue weighted by molar-refractivity contribution is 5.83. The molecular formula is C16H20O5. The van der Waals surface area contributed by atoms with E-state index in [4.69, 9.17) is 4.74 Å². The van der Waals surface area contributed by atoms with Crippen molar-refractivity contribution in [3.05, 3.63) is 23.8 Å². The van der Waals surface area contributed by atoms with Gasteiger partial charge in [0.05, 0.1) is 17.6 Å². The van der Waals surface area contributed by atoms with E-state index in [1.54, 1.807) is 19.1 Å². The lowest BCUT2D eigenvalue weighted by Crippen LogP contribution is -2.33. The largest absolute Gasteiger partial charge is 0.507 e. The summed E-state index contributed by atoms with van der Waals surface area (Å²) in [7, 11) is 0. The van der Waals surface area contributed by atoms with Crippen molar-refractivity contribution in [3.8, 4) is 11.5 Å². The number of rotatable bonds is 5. The van der Waals surface area contributed by atoms with Gasteiger partial charge in [0.1, 0.15) is 11.5 Å². The zero-order valence-electron chi connectivity index (χ0n) is 12.0. The number of ether oxygens (including phenoxy) is 1. The maximum atomic E-state index is 11.2. The number of hydrogen-bond donors (Lipinski definition) is 2. The minimum absolute atomic E-state index is 0.0930. The van der Waals surface area contributed by atoms with Crippen molar-refractivity contribution >= 4 is 12.3 Å². The van der Waals surface area contributed by atoms with E-state index in [9.17, 15) is 19.8 Å². The molecule has 1 saturated carbocycles. The Bertz CT molecular complexity index is 529. The molecule has 0 aromatic heterocycles. The van der Waals surface area contributed by atoms with Crippen LogP contribution in [0.2, 0.25) is 0 Å². The molecule has 0 unspecified atom stereocenters. The van der Waals surface area contributed by atoms with E-state index in [1.165, 1.54) is 6.07 Å². The van der Waals surface area contributed by atoms with E-state index in [2.05, 4.69) is 0 Å². The topological polar surface area (TPSA) is 83.8 Å². The third-order valence-corrected chi connectivity index (χ3v) is 4.36. The number of aromatic hydroxyl groups is 1. The first-order valence-electron chi connectivity index (χ1n) is 7.09. The van der Waals surface area contributed by atoms with Crippen LogP contribution in [0.25, 0.3) is 0 Å². The number of phenolic OH excluding ortho intramolecular Hbond substituents is 1. The summed E-state index contributed by atoms with van der Waals surface area (Å²) in [5.74, 6) is -0.182. The maximum Gasteiger partial charge on any atom is 0.309 e. The molecule has 2 rings (SSSR count). The van der Waals surface area contributed by atoms with Crippen LogP contribution in [0.3, 0.4) is 0 Å². The lowest BCUT2D eigenvalue weighted by molar-refractivity contribution is -0.150. The van der Waals surface area contributed by atoms with Gasteiger partial charge in [-0.05, 0) is 50.7 Å². The van der Waals surface area contributed by atoms with Gasteiger partial charge in [0, 0.05) is 0 Å². The first-order valence-corrected chi connectivity index (χ1v) is 7.09. The Hall–Kier alpha value is -2.04. The van der Waals surface area contributed by atoms with E-state index in [-0.39, 0.29) is 17.2 Å². The molecule has 0 amide bonds. The minimum Gasteiger partial charge on any atom is -0.507 e. The molecule has 1 aromatic rings. The van der Waals surface area contributed by atoms with Crippen LogP contribution in [-0.4, -0.2) is 29.1 Å². The Balaban J connectivity index is 1.92. The predicted octanol–water partition coefficient (Wildman–Crippen LogP) is 2.86. The van der Waals surface area contributed by atoms with E-state index < -0.39 is 11.4 Å². The van der Waals surface area contributed by atoms with Crippen molar-refractivity contribution in [2.24, 2.45) is 11.3 Å². The molecule has 0 heterocycles. The molecule has 0 saturated heterocycles. The number of benzene rings is 1. The van der Waals surface area contributed by atoms with Crippen molar-refractivity contribution in [1.29, 1.82) is 0 Å². The highest BCUT2D eigenvalue weighted by Gasteiger charge is 2.37. The third kappa shape index (κ3) is 3.35. The summed E-state index contributed by atoms with van der Waals surface area (Å²) in [5, 5.41) is 18.8. The molecule has 21 heavy (non-hydrogen) atoms. The summed E-state index contributed by atoms with van der Waals surface area (Å²) in [6.07, 6.45) is 3.43. The SMILES string of the molecule is C[C@]1(C(=O)O)CC[C@H](COc2cccc(O)c2C=O)CC1. The molecule has 0 spiro atoms. The van der Waals surface area contributed by atoms with E-state index in [0.29, 0.717) is 31.5 Å². The standard InChI is InChI=1S/C16H20O5/c1-16(15(19)20)7-5-11(6-8-16)10-21-14-4-2-3-13(18)12(14)9-17/h2-4,9,11,18H,5-8,10H2,1H3,(H,19,20)/t11-,16-. The number of carbonyl (C=O) groups excluding carboxylic acids is 1. The summed E-state index contributed by atoms with van der Waals surface area (Å²) in [6, 6.07) is 4.71. The molecule has 5 heteroatoms. The number of carboxylic acids is 1. The maximum absolute atomic E-state index is 11.2. The second-order valence-corrected chi connectivity index (χ2v) is 5.93. The van der Waals surface area contributed by atoms with Crippen LogP contribution in [0.1, 0.15) is 43.0 Å². The van der Waals surface area contributed by atoms with Crippen LogP contribution < -0.4 is 4.74 Å². The number of aldehydes is 1. The van der Waals surface area contributed by atoms with Crippen LogP contribution in [0.15, 0.2) is 18.2 Å². The Labute approximate surface area is 123 Å². The predicted molar refractivity (Wildman–Crippen MR) is 76.7 cm³/mol. The van der Waals surface area contributed by atoms with E-state index in [1.807, 2.05) is 0 Å². The number of carbonyl (C=O) groups is 2. The first kappa shape index (κ1) is 15.4. The molecule has 0 aliphatic heterocycles. The smallest absolute Gasteiger partial charge is 0.309 e. The van der Waals surface area contributed by atoms with Gasteiger partial charge < -0.3 is 14.9 Å². The van der Waals surface area contributed by atoms with Gasteiger partial charge in [-0.3, -0.25) is 9.59 Å². The van der Waals surface area contributed by atoms with Crippen LogP contribution >= 0.6 is 0 Å². The second-order valence-electron chi connectivity index (χ2n) is 5.93. The molecular weight excluding hydrogens is 272 g/mol. The lowest BCUT2D eigenvalue weighted by Gasteiger charge is -2.33. The average molecular weight is 292 g/mol. The second kappa shape index (κ2) is 6.16. The fourth-order valence-corrected chi connectivity index (χ4v) is 2.68. The first-order chi connectivity index (χ1) is 9.96. The lowest BCUT2D eigenvalue weighted by atomic mass is 9.72. The summed E-state index contributed by atoms with van der Waals surface area (Å²) < 4.78 is 5.64. The van der Waals surface area contributed by atoms with Gasteiger partial charge in [-0.2, -0.15) is 0 Å². The highest BCUT2D eigenvalue weighted by atomic mass is 16.5. The van der Waals surface area contributed by atoms with Crippen molar-refractivity contribution in [1.82, 2.24) is 0 Å². The highest BCUT2D eigenvalue weighted by Crippen LogP contribution is 2.39. The number of aliphatic carboxylic acids is 1. The normalized spacial score (nSPS) is 25.3. The Morgan fingerprint density at radius 2 is 2.10 bits per heavy atom. The summed E-state index contributed by atoms with van der Waals surface area (Å²) in [4.78, 5) is 22.1. The van der Waals surface area contributed by atoms with Crippen molar-refractivity contribution < 1.29 is 24.5 Å². The van der Waals surface area contributed by atoms with Crippen molar-refractivity contribution in [2.45, 2.75) is 32.6 Å². The molecule has 0 bridgehead atoms. The number of phenols is 1. The molecule has 1 aliphatic carbocycles. The molecule has 114 valence electrons. The molecule has 1 fully saturated rings. The van der Waals surface area contributed by atoms with Gasteiger partial charge >= 0.3 is 5.97 Å². The summed E-state index contributed by atoms with van der Waals surface area (Å²) in [6.45, 7) is 2.21. The van der Waals surface area contributed by atoms with Crippen LogP contribution in [0, 0.1) is 11.3 Å². The number of carboxylic acid groups (broad SMARTS) is 1. The molecule has 0 atom stereocenters. The van der Waals surface area contributed by atoms with Gasteiger partial charge in [-0.1, -0.05) is 6.07 Å². The monoisotopic (exact) mass is 292 g/mol. The minimum atomic E-state index is -0.738. The molecule has 1 aromatic carbocycles. The van der Waals surface area contributed by atoms with Gasteiger partial charge in [-0.25, -0.2) is 0 Å². The van der Waals surface area contributed by atoms with Gasteiger partial charge in [0.2, 0.25) is 0 Å². The summed E-state index contributed by atoms with van der Waals surface area (Å²) >= 11 is 0. The fourth-order valence-electron chi connectivity index (χ4n) is 2.68. The zero-order valence-corrected chi connectivity index (χ0v) is 12.0. The quantitative estimate of drug-likeness (QED) is 0.815. The average Bonchev–Trinajstić information content (AvgIpc) is 2.46. The Morgan fingerprint density at radius 1 is 1.43 bits per heavy atom.